The van der Waals surface area contributed by atoms with Crippen LogP contribution in [0.4, 0.5) is 0 Å². The molecule has 2 aromatic rings. The van der Waals surface area contributed by atoms with Crippen molar-refractivity contribution in [2.75, 3.05) is 6.61 Å². The van der Waals surface area contributed by atoms with Crippen LogP contribution in [0.2, 0.25) is 5.02 Å². The molecule has 0 N–H and O–H groups in total. The van der Waals surface area contributed by atoms with Crippen molar-refractivity contribution in [2.45, 2.75) is 19.1 Å². The quantitative estimate of drug-likeness (QED) is 0.499. The second kappa shape index (κ2) is 4.68. The molecule has 0 radical (unpaired) electrons. The molecule has 0 bridgehead atoms. The number of fused-ring (bicyclic) bond motifs is 1. The van der Waals surface area contributed by atoms with E-state index in [1.165, 1.54) is 0 Å². The first-order valence-electron chi connectivity index (χ1n) is 5.31. The molecule has 1 aromatic carbocycles. The van der Waals surface area contributed by atoms with Gasteiger partial charge in [-0.2, -0.15) is 5.10 Å². The molecule has 6 heteroatoms. The Bertz CT molecular complexity index is 580. The molecule has 3 nitrogen and oxygen atoms in total. The van der Waals surface area contributed by atoms with Gasteiger partial charge in [0.2, 0.25) is 0 Å². The number of hydrogen-bond donors (Lipinski definition) is 0. The lowest BCUT2D eigenvalue weighted by molar-refractivity contribution is 0.0503. The normalized spacial score (nSPS) is 20.3. The van der Waals surface area contributed by atoms with Crippen molar-refractivity contribution >= 4 is 61.0 Å². The molecule has 3 rings (SSSR count). The molecule has 1 aromatic heterocycles. The average Bonchev–Trinajstić information content (AvgIpc) is 2.93. The Morgan fingerprint density at radius 1 is 1.59 bits per heavy atom. The van der Waals surface area contributed by atoms with E-state index in [-0.39, 0.29) is 6.23 Å². The SMILES string of the molecule is Clc1cc2c(cnn2C2CCCO2)c(Br)c1I. The average molecular weight is 427 g/mol. The molecule has 1 fully saturated rings. The zero-order chi connectivity index (χ0) is 12.0. The fraction of sp³-hybridized carbons (Fsp3) is 0.364. The Labute approximate surface area is 126 Å². The maximum atomic E-state index is 6.21. The van der Waals surface area contributed by atoms with Gasteiger partial charge in [0, 0.05) is 20.0 Å². The van der Waals surface area contributed by atoms with Crippen LogP contribution in [0.5, 0.6) is 0 Å². The fourth-order valence-corrected chi connectivity index (χ4v) is 3.35. The maximum absolute atomic E-state index is 6.21. The minimum absolute atomic E-state index is 0.0514. The highest BCUT2D eigenvalue weighted by atomic mass is 127. The van der Waals surface area contributed by atoms with Crippen LogP contribution in [0.1, 0.15) is 19.1 Å². The van der Waals surface area contributed by atoms with Crippen LogP contribution < -0.4 is 0 Å². The van der Waals surface area contributed by atoms with Crippen molar-refractivity contribution < 1.29 is 4.74 Å². The first-order valence-corrected chi connectivity index (χ1v) is 7.56. The van der Waals surface area contributed by atoms with Gasteiger partial charge in [-0.3, -0.25) is 0 Å². The number of benzene rings is 1. The van der Waals surface area contributed by atoms with Gasteiger partial charge in [0.1, 0.15) is 0 Å². The molecule has 1 atom stereocenters. The summed E-state index contributed by atoms with van der Waals surface area (Å²) in [4.78, 5) is 0. The number of rotatable bonds is 1. The Morgan fingerprint density at radius 2 is 2.41 bits per heavy atom. The van der Waals surface area contributed by atoms with Crippen molar-refractivity contribution in [1.29, 1.82) is 0 Å². The van der Waals surface area contributed by atoms with E-state index in [9.17, 15) is 0 Å². The monoisotopic (exact) mass is 426 g/mol. The van der Waals surface area contributed by atoms with E-state index < -0.39 is 0 Å². The number of halogens is 3. The van der Waals surface area contributed by atoms with Gasteiger partial charge in [0.25, 0.3) is 0 Å². The second-order valence-corrected chi connectivity index (χ2v) is 6.25. The predicted molar refractivity (Wildman–Crippen MR) is 79.4 cm³/mol. The third-order valence-electron chi connectivity index (χ3n) is 2.91. The smallest absolute Gasteiger partial charge is 0.150 e. The number of hydrogen-bond acceptors (Lipinski definition) is 2. The third-order valence-corrected chi connectivity index (χ3v) is 6.22. The Kier molecular flexibility index (Phi) is 3.36. The highest BCUT2D eigenvalue weighted by molar-refractivity contribution is 14.1. The molecule has 17 heavy (non-hydrogen) atoms. The standard InChI is InChI=1S/C11H9BrClIN2O/c12-10-6-5-15-16(9-2-1-3-17-9)8(6)4-7(13)11(10)14/h4-5,9H,1-3H2. The van der Waals surface area contributed by atoms with Crippen LogP contribution >= 0.6 is 50.1 Å². The van der Waals surface area contributed by atoms with Gasteiger partial charge in [-0.25, -0.2) is 4.68 Å². The van der Waals surface area contributed by atoms with E-state index in [2.05, 4.69) is 43.6 Å². The van der Waals surface area contributed by atoms with Crippen molar-refractivity contribution in [2.24, 2.45) is 0 Å². The summed E-state index contributed by atoms with van der Waals surface area (Å²) < 4.78 is 9.60. The third kappa shape index (κ3) is 2.01. The first kappa shape index (κ1) is 12.2. The molecular weight excluding hydrogens is 418 g/mol. The summed E-state index contributed by atoms with van der Waals surface area (Å²) in [7, 11) is 0. The maximum Gasteiger partial charge on any atom is 0.150 e. The van der Waals surface area contributed by atoms with Crippen molar-refractivity contribution in [3.8, 4) is 0 Å². The van der Waals surface area contributed by atoms with Crippen molar-refractivity contribution in [1.82, 2.24) is 9.78 Å². The van der Waals surface area contributed by atoms with Gasteiger partial charge < -0.3 is 4.74 Å². The lowest BCUT2D eigenvalue weighted by atomic mass is 10.2. The van der Waals surface area contributed by atoms with E-state index in [4.69, 9.17) is 16.3 Å². The minimum atomic E-state index is 0.0514. The van der Waals surface area contributed by atoms with Crippen molar-refractivity contribution in [3.63, 3.8) is 0 Å². The number of aromatic nitrogens is 2. The molecule has 0 saturated carbocycles. The summed E-state index contributed by atoms with van der Waals surface area (Å²) in [5, 5.41) is 6.24. The summed E-state index contributed by atoms with van der Waals surface area (Å²) >= 11 is 12.0. The largest absolute Gasteiger partial charge is 0.356 e. The van der Waals surface area contributed by atoms with Crippen LogP contribution in [0.25, 0.3) is 10.9 Å². The molecule has 1 aliphatic heterocycles. The predicted octanol–water partition coefficient (Wildman–Crippen LogP) is 4.37. The van der Waals surface area contributed by atoms with E-state index in [1.54, 1.807) is 0 Å². The van der Waals surface area contributed by atoms with Crippen LogP contribution in [-0.4, -0.2) is 16.4 Å². The molecule has 1 unspecified atom stereocenters. The van der Waals surface area contributed by atoms with Crippen LogP contribution in [-0.2, 0) is 4.74 Å². The lowest BCUT2D eigenvalue weighted by Crippen LogP contribution is -2.08. The summed E-state index contributed by atoms with van der Waals surface area (Å²) in [6.07, 6.45) is 4.01. The molecule has 0 amide bonds. The van der Waals surface area contributed by atoms with E-state index in [1.807, 2.05) is 16.9 Å². The molecule has 90 valence electrons. The van der Waals surface area contributed by atoms with Crippen LogP contribution in [0, 0.1) is 3.57 Å². The lowest BCUT2D eigenvalue weighted by Gasteiger charge is -2.12. The molecular formula is C11H9BrClIN2O. The Morgan fingerprint density at radius 3 is 3.12 bits per heavy atom. The van der Waals surface area contributed by atoms with Gasteiger partial charge in [0.05, 0.1) is 16.7 Å². The van der Waals surface area contributed by atoms with Gasteiger partial charge in [-0.15, -0.1) is 0 Å². The number of nitrogens with zero attached hydrogens (tertiary/aromatic N) is 2. The topological polar surface area (TPSA) is 27.1 Å². The summed E-state index contributed by atoms with van der Waals surface area (Å²) in [6, 6.07) is 1.96. The molecule has 2 heterocycles. The molecule has 0 aliphatic carbocycles. The zero-order valence-corrected chi connectivity index (χ0v) is 13.3. The van der Waals surface area contributed by atoms with Crippen molar-refractivity contribution in [3.05, 3.63) is 25.3 Å². The van der Waals surface area contributed by atoms with Gasteiger partial charge in [-0.05, 0) is 57.4 Å². The van der Waals surface area contributed by atoms with Crippen LogP contribution in [0.15, 0.2) is 16.7 Å². The fourth-order valence-electron chi connectivity index (χ4n) is 2.07. The van der Waals surface area contributed by atoms with Gasteiger partial charge >= 0.3 is 0 Å². The first-order chi connectivity index (χ1) is 8.18. The Hall–Kier alpha value is 0.150. The summed E-state index contributed by atoms with van der Waals surface area (Å²) in [5.41, 5.74) is 1.02. The molecule has 1 aliphatic rings. The highest BCUT2D eigenvalue weighted by Gasteiger charge is 2.21. The minimum Gasteiger partial charge on any atom is -0.356 e. The van der Waals surface area contributed by atoms with Crippen LogP contribution in [0.3, 0.4) is 0 Å². The molecule has 0 spiro atoms. The van der Waals surface area contributed by atoms with Gasteiger partial charge in [-0.1, -0.05) is 11.6 Å². The Balaban J connectivity index is 2.21. The zero-order valence-electron chi connectivity index (χ0n) is 8.79. The van der Waals surface area contributed by atoms with E-state index in [0.29, 0.717) is 0 Å². The van der Waals surface area contributed by atoms with E-state index in [0.717, 1.165) is 43.4 Å². The molecule has 1 saturated heterocycles. The summed E-state index contributed by atoms with van der Waals surface area (Å²) in [5.74, 6) is 0. The second-order valence-electron chi connectivity index (χ2n) is 3.98. The highest BCUT2D eigenvalue weighted by Crippen LogP contribution is 2.36. The van der Waals surface area contributed by atoms with Gasteiger partial charge in [0.15, 0.2) is 6.23 Å². The van der Waals surface area contributed by atoms with E-state index >= 15 is 0 Å². The summed E-state index contributed by atoms with van der Waals surface area (Å²) in [6.45, 7) is 0.811. The number of ether oxygens (including phenoxy) is 1.